The van der Waals surface area contributed by atoms with Gasteiger partial charge in [0, 0.05) is 0 Å². The van der Waals surface area contributed by atoms with Crippen molar-refractivity contribution >= 4 is 11.9 Å². The molecule has 1 aliphatic rings. The van der Waals surface area contributed by atoms with Gasteiger partial charge in [0.25, 0.3) is 0 Å². The average Bonchev–Trinajstić information content (AvgIpc) is 2.17. The summed E-state index contributed by atoms with van der Waals surface area (Å²) in [5, 5.41) is 21.9. The van der Waals surface area contributed by atoms with Crippen molar-refractivity contribution in [1.29, 1.82) is 0 Å². The summed E-state index contributed by atoms with van der Waals surface area (Å²) in [7, 11) is 0. The molecule has 5 N–H and O–H groups in total. The minimum Gasteiger partial charge on any atom is -0.465 e. The van der Waals surface area contributed by atoms with E-state index >= 15 is 0 Å². The number of carbonyl (C=O) groups is 1. The Morgan fingerprint density at radius 1 is 1.57 bits per heavy atom. The molecule has 1 aliphatic heterocycles. The number of amidine groups is 1. The molecule has 1 heterocycles. The fourth-order valence-electron chi connectivity index (χ4n) is 1.34. The number of nitrogens with zero attached hydrogens (tertiary/aromatic N) is 1. The van der Waals surface area contributed by atoms with Gasteiger partial charge in [-0.1, -0.05) is 5.16 Å². The van der Waals surface area contributed by atoms with Gasteiger partial charge in [0.2, 0.25) is 0 Å². The van der Waals surface area contributed by atoms with Crippen molar-refractivity contribution in [1.82, 2.24) is 5.32 Å². The lowest BCUT2D eigenvalue weighted by Gasteiger charge is -2.27. The van der Waals surface area contributed by atoms with Gasteiger partial charge in [0.1, 0.15) is 6.10 Å². The molecule has 0 aromatic heterocycles. The SMILES string of the molecule is NC(=NO)[C@@H]1CC[C@@H](NC(=O)O)CO1. The van der Waals surface area contributed by atoms with Gasteiger partial charge >= 0.3 is 6.09 Å². The molecule has 1 amide bonds. The minimum absolute atomic E-state index is 0.0266. The molecule has 0 aromatic carbocycles. The molecule has 80 valence electrons. The van der Waals surface area contributed by atoms with E-state index in [1.54, 1.807) is 0 Å². The first kappa shape index (κ1) is 10.6. The van der Waals surface area contributed by atoms with Gasteiger partial charge in [-0.2, -0.15) is 0 Å². The average molecular weight is 203 g/mol. The van der Waals surface area contributed by atoms with Crippen LogP contribution in [0.1, 0.15) is 12.8 Å². The maximum absolute atomic E-state index is 10.3. The van der Waals surface area contributed by atoms with E-state index in [9.17, 15) is 4.79 Å². The number of amides is 1. The molecule has 14 heavy (non-hydrogen) atoms. The smallest absolute Gasteiger partial charge is 0.404 e. The topological polar surface area (TPSA) is 117 Å². The van der Waals surface area contributed by atoms with E-state index in [0.29, 0.717) is 12.8 Å². The second-order valence-corrected chi connectivity index (χ2v) is 3.07. The van der Waals surface area contributed by atoms with Crippen LogP contribution in [0, 0.1) is 0 Å². The number of ether oxygens (including phenoxy) is 1. The van der Waals surface area contributed by atoms with Crippen LogP contribution in [0.4, 0.5) is 4.79 Å². The number of hydrogen-bond acceptors (Lipinski definition) is 4. The van der Waals surface area contributed by atoms with E-state index < -0.39 is 12.2 Å². The highest BCUT2D eigenvalue weighted by atomic mass is 16.5. The molecule has 1 rings (SSSR count). The summed E-state index contributed by atoms with van der Waals surface area (Å²) < 4.78 is 5.20. The first-order valence-corrected chi connectivity index (χ1v) is 4.22. The first-order chi connectivity index (χ1) is 6.63. The maximum atomic E-state index is 10.3. The standard InChI is InChI=1S/C7H13N3O4/c8-6(10-13)5-2-1-4(3-14-5)9-7(11)12/h4-5,9,13H,1-3H2,(H2,8,10)(H,11,12)/t4-,5+/m1/s1. The highest BCUT2D eigenvalue weighted by Gasteiger charge is 2.25. The molecule has 1 fully saturated rings. The zero-order chi connectivity index (χ0) is 10.6. The lowest BCUT2D eigenvalue weighted by Crippen LogP contribution is -2.45. The number of carboxylic acid groups (broad SMARTS) is 1. The number of rotatable bonds is 2. The second kappa shape index (κ2) is 4.66. The number of nitrogens with one attached hydrogen (secondary N) is 1. The van der Waals surface area contributed by atoms with Crippen molar-refractivity contribution in [3.63, 3.8) is 0 Å². The van der Waals surface area contributed by atoms with E-state index in [2.05, 4.69) is 10.5 Å². The predicted octanol–water partition coefficient (Wildman–Crippen LogP) is -0.452. The highest BCUT2D eigenvalue weighted by molar-refractivity contribution is 5.84. The van der Waals surface area contributed by atoms with Crippen molar-refractivity contribution in [3.05, 3.63) is 0 Å². The van der Waals surface area contributed by atoms with E-state index in [0.717, 1.165) is 0 Å². The monoisotopic (exact) mass is 203 g/mol. The van der Waals surface area contributed by atoms with Crippen molar-refractivity contribution in [2.24, 2.45) is 10.9 Å². The fourth-order valence-corrected chi connectivity index (χ4v) is 1.34. The Morgan fingerprint density at radius 3 is 2.71 bits per heavy atom. The van der Waals surface area contributed by atoms with Gasteiger partial charge in [-0.25, -0.2) is 4.79 Å². The molecule has 0 aromatic rings. The third-order valence-corrected chi connectivity index (χ3v) is 2.05. The summed E-state index contributed by atoms with van der Waals surface area (Å²) in [6.07, 6.45) is -0.318. The van der Waals surface area contributed by atoms with Crippen LogP contribution < -0.4 is 11.1 Å². The summed E-state index contributed by atoms with van der Waals surface area (Å²) >= 11 is 0. The van der Waals surface area contributed by atoms with E-state index in [1.165, 1.54) is 0 Å². The van der Waals surface area contributed by atoms with Crippen LogP contribution in [-0.4, -0.2) is 41.0 Å². The van der Waals surface area contributed by atoms with Crippen LogP contribution in [0.3, 0.4) is 0 Å². The van der Waals surface area contributed by atoms with Gasteiger partial charge < -0.3 is 26.1 Å². The summed E-state index contributed by atoms with van der Waals surface area (Å²) in [6.45, 7) is 0.243. The number of hydrogen-bond donors (Lipinski definition) is 4. The molecule has 2 atom stereocenters. The largest absolute Gasteiger partial charge is 0.465 e. The number of nitrogens with two attached hydrogens (primary N) is 1. The van der Waals surface area contributed by atoms with E-state index in [1.807, 2.05) is 0 Å². The predicted molar refractivity (Wildman–Crippen MR) is 47.3 cm³/mol. The van der Waals surface area contributed by atoms with Crippen LogP contribution in [0.25, 0.3) is 0 Å². The summed E-state index contributed by atoms with van der Waals surface area (Å²) in [6, 6.07) is -0.213. The fraction of sp³-hybridized carbons (Fsp3) is 0.714. The van der Waals surface area contributed by atoms with Crippen LogP contribution >= 0.6 is 0 Å². The Hall–Kier alpha value is -1.50. The zero-order valence-corrected chi connectivity index (χ0v) is 7.51. The Kier molecular flexibility index (Phi) is 3.52. The molecule has 7 heteroatoms. The molecule has 0 radical (unpaired) electrons. The summed E-state index contributed by atoms with van der Waals surface area (Å²) in [5.41, 5.74) is 5.33. The molecule has 0 aliphatic carbocycles. The Bertz CT molecular complexity index is 235. The quantitative estimate of drug-likeness (QED) is 0.210. The summed E-state index contributed by atoms with van der Waals surface area (Å²) in [5.74, 6) is 0.0266. The number of oxime groups is 1. The van der Waals surface area contributed by atoms with Crippen molar-refractivity contribution in [3.8, 4) is 0 Å². The molecule has 7 nitrogen and oxygen atoms in total. The molecule has 0 bridgehead atoms. The molecule has 0 spiro atoms. The van der Waals surface area contributed by atoms with Gasteiger partial charge in [0.15, 0.2) is 5.84 Å². The Balaban J connectivity index is 2.35. The second-order valence-electron chi connectivity index (χ2n) is 3.07. The Labute approximate surface area is 80.5 Å². The Morgan fingerprint density at radius 2 is 2.29 bits per heavy atom. The normalized spacial score (nSPS) is 28.4. The molecule has 0 unspecified atom stereocenters. The maximum Gasteiger partial charge on any atom is 0.404 e. The van der Waals surface area contributed by atoms with Crippen molar-refractivity contribution < 1.29 is 19.8 Å². The van der Waals surface area contributed by atoms with Crippen LogP contribution in [-0.2, 0) is 4.74 Å². The molecule has 0 saturated carbocycles. The molecular formula is C7H13N3O4. The van der Waals surface area contributed by atoms with E-state index in [-0.39, 0.29) is 18.5 Å². The lowest BCUT2D eigenvalue weighted by molar-refractivity contribution is 0.0341. The van der Waals surface area contributed by atoms with Gasteiger partial charge in [-0.05, 0) is 12.8 Å². The lowest BCUT2D eigenvalue weighted by atomic mass is 10.0. The minimum atomic E-state index is -1.07. The van der Waals surface area contributed by atoms with Crippen LogP contribution in [0.5, 0.6) is 0 Å². The zero-order valence-electron chi connectivity index (χ0n) is 7.51. The van der Waals surface area contributed by atoms with Crippen LogP contribution in [0.2, 0.25) is 0 Å². The summed E-state index contributed by atoms with van der Waals surface area (Å²) in [4.78, 5) is 10.3. The van der Waals surface area contributed by atoms with Crippen molar-refractivity contribution in [2.45, 2.75) is 25.0 Å². The molecular weight excluding hydrogens is 190 g/mol. The van der Waals surface area contributed by atoms with Gasteiger partial charge in [-0.3, -0.25) is 0 Å². The van der Waals surface area contributed by atoms with Crippen LogP contribution in [0.15, 0.2) is 5.16 Å². The first-order valence-electron chi connectivity index (χ1n) is 4.22. The third-order valence-electron chi connectivity index (χ3n) is 2.05. The van der Waals surface area contributed by atoms with E-state index in [4.69, 9.17) is 20.8 Å². The highest BCUT2D eigenvalue weighted by Crippen LogP contribution is 2.13. The van der Waals surface area contributed by atoms with Gasteiger partial charge in [0.05, 0.1) is 12.6 Å². The molecule has 1 saturated heterocycles. The van der Waals surface area contributed by atoms with Crippen molar-refractivity contribution in [2.75, 3.05) is 6.61 Å². The van der Waals surface area contributed by atoms with Gasteiger partial charge in [-0.15, -0.1) is 0 Å². The third kappa shape index (κ3) is 2.77.